The van der Waals surface area contributed by atoms with Gasteiger partial charge in [-0.2, -0.15) is 0 Å². The van der Waals surface area contributed by atoms with Crippen LogP contribution in [0, 0.1) is 0 Å². The SMILES string of the molecule is CCCCNc1ccc(C(=O)NC2CCCCC2)nc1. The average molecular weight is 275 g/mol. The summed E-state index contributed by atoms with van der Waals surface area (Å²) in [7, 11) is 0. The second-order valence-electron chi connectivity index (χ2n) is 5.52. The third kappa shape index (κ3) is 4.51. The van der Waals surface area contributed by atoms with E-state index in [0.29, 0.717) is 11.7 Å². The van der Waals surface area contributed by atoms with Crippen LogP contribution in [0.1, 0.15) is 62.4 Å². The molecule has 0 bridgehead atoms. The standard InChI is InChI=1S/C16H25N3O/c1-2-3-11-17-14-9-10-15(18-12-14)16(20)19-13-7-5-4-6-8-13/h9-10,12-13,17H,2-8,11H2,1H3,(H,19,20). The van der Waals surface area contributed by atoms with E-state index in [2.05, 4.69) is 22.5 Å². The van der Waals surface area contributed by atoms with E-state index in [0.717, 1.165) is 31.5 Å². The van der Waals surface area contributed by atoms with E-state index >= 15 is 0 Å². The zero-order chi connectivity index (χ0) is 14.2. The van der Waals surface area contributed by atoms with E-state index in [1.54, 1.807) is 12.3 Å². The van der Waals surface area contributed by atoms with Crippen LogP contribution in [0.4, 0.5) is 5.69 Å². The number of carbonyl (C=O) groups excluding carboxylic acids is 1. The second kappa shape index (κ2) is 7.88. The fraction of sp³-hybridized carbons (Fsp3) is 0.625. The number of carbonyl (C=O) groups is 1. The predicted octanol–water partition coefficient (Wildman–Crippen LogP) is 3.36. The maximum Gasteiger partial charge on any atom is 0.270 e. The van der Waals surface area contributed by atoms with Gasteiger partial charge in [0.1, 0.15) is 5.69 Å². The minimum atomic E-state index is -0.0444. The maximum absolute atomic E-state index is 12.1. The van der Waals surface area contributed by atoms with Crippen LogP contribution in [0.15, 0.2) is 18.3 Å². The molecule has 110 valence electrons. The highest BCUT2D eigenvalue weighted by Gasteiger charge is 2.17. The fourth-order valence-corrected chi connectivity index (χ4v) is 2.55. The second-order valence-corrected chi connectivity index (χ2v) is 5.52. The summed E-state index contributed by atoms with van der Waals surface area (Å²) in [5, 5.41) is 6.38. The summed E-state index contributed by atoms with van der Waals surface area (Å²) in [5.74, 6) is -0.0444. The summed E-state index contributed by atoms with van der Waals surface area (Å²) in [4.78, 5) is 16.3. The van der Waals surface area contributed by atoms with Crippen LogP contribution in [-0.2, 0) is 0 Å². The number of pyridine rings is 1. The lowest BCUT2D eigenvalue weighted by Crippen LogP contribution is -2.36. The zero-order valence-electron chi connectivity index (χ0n) is 12.3. The third-order valence-corrected chi connectivity index (χ3v) is 3.80. The Kier molecular flexibility index (Phi) is 5.84. The minimum absolute atomic E-state index is 0.0444. The summed E-state index contributed by atoms with van der Waals surface area (Å²) in [5.41, 5.74) is 1.49. The molecule has 0 saturated heterocycles. The van der Waals surface area contributed by atoms with E-state index in [1.807, 2.05) is 6.07 Å². The number of rotatable bonds is 6. The molecule has 0 aromatic carbocycles. The van der Waals surface area contributed by atoms with Crippen molar-refractivity contribution in [1.82, 2.24) is 10.3 Å². The number of anilines is 1. The quantitative estimate of drug-likeness (QED) is 0.783. The van der Waals surface area contributed by atoms with Crippen molar-refractivity contribution in [2.24, 2.45) is 0 Å². The topological polar surface area (TPSA) is 54.0 Å². The highest BCUT2D eigenvalue weighted by atomic mass is 16.1. The molecule has 0 aliphatic heterocycles. The van der Waals surface area contributed by atoms with Crippen molar-refractivity contribution >= 4 is 11.6 Å². The Labute approximate surface area is 121 Å². The van der Waals surface area contributed by atoms with E-state index in [9.17, 15) is 4.79 Å². The average Bonchev–Trinajstić information content (AvgIpc) is 2.49. The molecule has 0 atom stereocenters. The van der Waals surface area contributed by atoms with Crippen molar-refractivity contribution in [3.63, 3.8) is 0 Å². The van der Waals surface area contributed by atoms with Gasteiger partial charge in [0.15, 0.2) is 0 Å². The van der Waals surface area contributed by atoms with Crippen LogP contribution in [0.5, 0.6) is 0 Å². The maximum atomic E-state index is 12.1. The van der Waals surface area contributed by atoms with Crippen LogP contribution in [0.3, 0.4) is 0 Å². The van der Waals surface area contributed by atoms with Crippen molar-refractivity contribution in [1.29, 1.82) is 0 Å². The van der Waals surface area contributed by atoms with E-state index < -0.39 is 0 Å². The van der Waals surface area contributed by atoms with Gasteiger partial charge in [-0.1, -0.05) is 32.6 Å². The van der Waals surface area contributed by atoms with Gasteiger partial charge in [-0.3, -0.25) is 4.79 Å². The number of hydrogen-bond donors (Lipinski definition) is 2. The van der Waals surface area contributed by atoms with Gasteiger partial charge in [-0.15, -0.1) is 0 Å². The Morgan fingerprint density at radius 3 is 2.75 bits per heavy atom. The van der Waals surface area contributed by atoms with Gasteiger partial charge < -0.3 is 10.6 Å². The first-order chi connectivity index (χ1) is 9.79. The highest BCUT2D eigenvalue weighted by molar-refractivity contribution is 5.92. The molecule has 1 amide bonds. The van der Waals surface area contributed by atoms with E-state index in [1.165, 1.54) is 25.7 Å². The summed E-state index contributed by atoms with van der Waals surface area (Å²) < 4.78 is 0. The molecular formula is C16H25N3O. The Morgan fingerprint density at radius 2 is 2.10 bits per heavy atom. The molecule has 1 heterocycles. The lowest BCUT2D eigenvalue weighted by atomic mass is 9.95. The molecule has 1 aromatic heterocycles. The fourth-order valence-electron chi connectivity index (χ4n) is 2.55. The normalized spacial score (nSPS) is 15.8. The molecule has 20 heavy (non-hydrogen) atoms. The molecule has 1 aliphatic rings. The van der Waals surface area contributed by atoms with Gasteiger partial charge in [0.05, 0.1) is 11.9 Å². The van der Waals surface area contributed by atoms with Gasteiger partial charge in [-0.25, -0.2) is 4.98 Å². The highest BCUT2D eigenvalue weighted by Crippen LogP contribution is 2.17. The van der Waals surface area contributed by atoms with Crippen molar-refractivity contribution in [3.05, 3.63) is 24.0 Å². The Hall–Kier alpha value is -1.58. The van der Waals surface area contributed by atoms with Crippen LogP contribution in [-0.4, -0.2) is 23.5 Å². The molecule has 4 heteroatoms. The molecule has 2 N–H and O–H groups in total. The Bertz CT molecular complexity index is 410. The summed E-state index contributed by atoms with van der Waals surface area (Å²) in [6.45, 7) is 3.12. The third-order valence-electron chi connectivity index (χ3n) is 3.80. The predicted molar refractivity (Wildman–Crippen MR) is 82.0 cm³/mol. The lowest BCUT2D eigenvalue weighted by molar-refractivity contribution is 0.0922. The molecule has 2 rings (SSSR count). The van der Waals surface area contributed by atoms with E-state index in [-0.39, 0.29) is 5.91 Å². The van der Waals surface area contributed by atoms with Crippen molar-refractivity contribution in [2.75, 3.05) is 11.9 Å². The van der Waals surface area contributed by atoms with Gasteiger partial charge in [0.2, 0.25) is 0 Å². The first-order valence-corrected chi connectivity index (χ1v) is 7.80. The van der Waals surface area contributed by atoms with Crippen molar-refractivity contribution in [2.45, 2.75) is 57.9 Å². The Morgan fingerprint density at radius 1 is 1.30 bits per heavy atom. The van der Waals surface area contributed by atoms with Crippen LogP contribution >= 0.6 is 0 Å². The first-order valence-electron chi connectivity index (χ1n) is 7.80. The van der Waals surface area contributed by atoms with Crippen molar-refractivity contribution in [3.8, 4) is 0 Å². The summed E-state index contributed by atoms with van der Waals surface area (Å²) in [6.07, 6.45) is 9.99. The van der Waals surface area contributed by atoms with Crippen molar-refractivity contribution < 1.29 is 4.79 Å². The van der Waals surface area contributed by atoms with Crippen LogP contribution < -0.4 is 10.6 Å². The van der Waals surface area contributed by atoms with Gasteiger partial charge in [0, 0.05) is 12.6 Å². The van der Waals surface area contributed by atoms with Crippen LogP contribution in [0.25, 0.3) is 0 Å². The zero-order valence-corrected chi connectivity index (χ0v) is 12.3. The largest absolute Gasteiger partial charge is 0.384 e. The molecule has 0 radical (unpaired) electrons. The number of nitrogens with one attached hydrogen (secondary N) is 2. The van der Waals surface area contributed by atoms with Gasteiger partial charge >= 0.3 is 0 Å². The molecule has 1 aromatic rings. The number of aromatic nitrogens is 1. The molecule has 0 spiro atoms. The number of amides is 1. The molecule has 0 unspecified atom stereocenters. The van der Waals surface area contributed by atoms with E-state index in [4.69, 9.17) is 0 Å². The van der Waals surface area contributed by atoms with Crippen LogP contribution in [0.2, 0.25) is 0 Å². The summed E-state index contributed by atoms with van der Waals surface area (Å²) >= 11 is 0. The molecule has 1 fully saturated rings. The molecule has 1 aliphatic carbocycles. The first kappa shape index (κ1) is 14.8. The number of unbranched alkanes of at least 4 members (excludes halogenated alkanes) is 1. The summed E-state index contributed by atoms with van der Waals surface area (Å²) in [6, 6.07) is 4.06. The monoisotopic (exact) mass is 275 g/mol. The smallest absolute Gasteiger partial charge is 0.270 e. The lowest BCUT2D eigenvalue weighted by Gasteiger charge is -2.22. The molecular weight excluding hydrogens is 250 g/mol. The molecule has 1 saturated carbocycles. The molecule has 4 nitrogen and oxygen atoms in total. The van der Waals surface area contributed by atoms with Gasteiger partial charge in [-0.05, 0) is 31.4 Å². The minimum Gasteiger partial charge on any atom is -0.384 e. The number of nitrogens with zero attached hydrogens (tertiary/aromatic N) is 1. The van der Waals surface area contributed by atoms with Gasteiger partial charge in [0.25, 0.3) is 5.91 Å². The number of hydrogen-bond acceptors (Lipinski definition) is 3. The Balaban J connectivity index is 1.83.